The van der Waals surface area contributed by atoms with Crippen LogP contribution in [0, 0.1) is 5.92 Å². The first-order valence-corrected chi connectivity index (χ1v) is 12.1. The maximum absolute atomic E-state index is 13.4. The van der Waals surface area contributed by atoms with Gasteiger partial charge in [0.2, 0.25) is 0 Å². The van der Waals surface area contributed by atoms with Crippen molar-refractivity contribution in [1.29, 1.82) is 0 Å². The van der Waals surface area contributed by atoms with E-state index >= 15 is 0 Å². The van der Waals surface area contributed by atoms with Crippen molar-refractivity contribution in [2.24, 2.45) is 5.92 Å². The Morgan fingerprint density at radius 1 is 1.12 bits per heavy atom. The molecule has 0 spiro atoms. The van der Waals surface area contributed by atoms with Crippen molar-refractivity contribution in [1.82, 2.24) is 24.6 Å². The Kier molecular flexibility index (Phi) is 6.42. The molecule has 7 nitrogen and oxygen atoms in total. The first kappa shape index (κ1) is 22.0. The molecule has 2 aromatic heterocycles. The predicted octanol–water partition coefficient (Wildman–Crippen LogP) is 3.51. The maximum atomic E-state index is 13.4. The van der Waals surface area contributed by atoms with Crippen molar-refractivity contribution < 1.29 is 9.53 Å². The molecule has 5 rings (SSSR count). The lowest BCUT2D eigenvalue weighted by atomic mass is 10.0. The number of para-hydroxylation sites is 1. The molecule has 2 aliphatic heterocycles. The molecule has 1 saturated heterocycles. The summed E-state index contributed by atoms with van der Waals surface area (Å²) in [5, 5.41) is 6.08. The average molecular weight is 448 g/mol. The molecule has 0 aliphatic carbocycles. The van der Waals surface area contributed by atoms with Crippen LogP contribution in [0.1, 0.15) is 47.6 Å². The third-order valence-corrected chi connectivity index (χ3v) is 6.77. The second kappa shape index (κ2) is 9.61. The first-order valence-electron chi connectivity index (χ1n) is 12.1. The molecule has 1 aromatic carbocycles. The SMILES string of the molecule is CC(C)CCn1nc(C(=O)N2CCOCC2)c2c1CCN(Cc1ccnc3ccccc13)C2. The van der Waals surface area contributed by atoms with Gasteiger partial charge in [-0.25, -0.2) is 0 Å². The number of fused-ring (bicyclic) bond motifs is 2. The molecule has 0 unspecified atom stereocenters. The summed E-state index contributed by atoms with van der Waals surface area (Å²) in [5.74, 6) is 0.650. The molecule has 33 heavy (non-hydrogen) atoms. The Morgan fingerprint density at radius 2 is 1.94 bits per heavy atom. The summed E-state index contributed by atoms with van der Waals surface area (Å²) in [7, 11) is 0. The van der Waals surface area contributed by atoms with Gasteiger partial charge in [-0.1, -0.05) is 32.0 Å². The van der Waals surface area contributed by atoms with Gasteiger partial charge < -0.3 is 9.64 Å². The van der Waals surface area contributed by atoms with Crippen LogP contribution in [0.4, 0.5) is 0 Å². The van der Waals surface area contributed by atoms with Gasteiger partial charge in [0.25, 0.3) is 5.91 Å². The molecule has 1 amide bonds. The fraction of sp³-hybridized carbons (Fsp3) is 0.500. The number of carbonyl (C=O) groups is 1. The molecule has 0 radical (unpaired) electrons. The zero-order valence-corrected chi connectivity index (χ0v) is 19.7. The van der Waals surface area contributed by atoms with Crippen LogP contribution < -0.4 is 0 Å². The minimum atomic E-state index is 0.0501. The van der Waals surface area contributed by atoms with Gasteiger partial charge in [-0.2, -0.15) is 5.10 Å². The number of aryl methyl sites for hydroxylation is 1. The molecular weight excluding hydrogens is 414 g/mol. The highest BCUT2D eigenvalue weighted by Crippen LogP contribution is 2.27. The molecule has 0 saturated carbocycles. The minimum Gasteiger partial charge on any atom is -0.378 e. The van der Waals surface area contributed by atoms with Gasteiger partial charge in [-0.3, -0.25) is 19.4 Å². The van der Waals surface area contributed by atoms with Crippen LogP contribution in [0.3, 0.4) is 0 Å². The second-order valence-corrected chi connectivity index (χ2v) is 9.53. The Bertz CT molecular complexity index is 1130. The van der Waals surface area contributed by atoms with Gasteiger partial charge in [0.05, 0.1) is 18.7 Å². The summed E-state index contributed by atoms with van der Waals surface area (Å²) >= 11 is 0. The number of rotatable bonds is 6. The number of ether oxygens (including phenoxy) is 1. The molecule has 3 aromatic rings. The number of nitrogens with zero attached hydrogens (tertiary/aromatic N) is 5. The monoisotopic (exact) mass is 447 g/mol. The summed E-state index contributed by atoms with van der Waals surface area (Å²) in [6, 6.07) is 10.4. The van der Waals surface area contributed by atoms with Crippen molar-refractivity contribution in [3.63, 3.8) is 0 Å². The Balaban J connectivity index is 1.42. The van der Waals surface area contributed by atoms with E-state index in [1.165, 1.54) is 16.6 Å². The average Bonchev–Trinajstić information content (AvgIpc) is 3.21. The van der Waals surface area contributed by atoms with Crippen molar-refractivity contribution in [3.05, 3.63) is 59.0 Å². The topological polar surface area (TPSA) is 63.5 Å². The number of aromatic nitrogens is 3. The van der Waals surface area contributed by atoms with E-state index in [0.717, 1.165) is 50.1 Å². The molecule has 4 heterocycles. The molecule has 0 atom stereocenters. The fourth-order valence-electron chi connectivity index (χ4n) is 4.87. The van der Waals surface area contributed by atoms with Gasteiger partial charge in [0.15, 0.2) is 5.69 Å². The smallest absolute Gasteiger partial charge is 0.274 e. The summed E-state index contributed by atoms with van der Waals surface area (Å²) in [6.07, 6.45) is 3.87. The highest BCUT2D eigenvalue weighted by Gasteiger charge is 2.31. The van der Waals surface area contributed by atoms with Gasteiger partial charge in [0, 0.05) is 68.5 Å². The lowest BCUT2D eigenvalue weighted by molar-refractivity contribution is 0.0297. The van der Waals surface area contributed by atoms with Gasteiger partial charge in [-0.15, -0.1) is 0 Å². The van der Waals surface area contributed by atoms with Crippen LogP contribution in [0.5, 0.6) is 0 Å². The fourth-order valence-corrected chi connectivity index (χ4v) is 4.87. The lowest BCUT2D eigenvalue weighted by Crippen LogP contribution is -2.41. The van der Waals surface area contributed by atoms with Crippen LogP contribution in [-0.2, 0) is 30.8 Å². The zero-order chi connectivity index (χ0) is 22.8. The largest absolute Gasteiger partial charge is 0.378 e. The van der Waals surface area contributed by atoms with Gasteiger partial charge in [-0.05, 0) is 30.0 Å². The third kappa shape index (κ3) is 4.66. The van der Waals surface area contributed by atoms with Crippen LogP contribution in [0.2, 0.25) is 0 Å². The molecule has 0 bridgehead atoms. The third-order valence-electron chi connectivity index (χ3n) is 6.77. The van der Waals surface area contributed by atoms with E-state index in [1.807, 2.05) is 17.2 Å². The summed E-state index contributed by atoms with van der Waals surface area (Å²) in [4.78, 5) is 22.3. The van der Waals surface area contributed by atoms with Crippen LogP contribution in [-0.4, -0.2) is 63.3 Å². The molecule has 1 fully saturated rings. The number of morpholine rings is 1. The van der Waals surface area contributed by atoms with E-state index in [1.54, 1.807) is 0 Å². The molecule has 7 heteroatoms. The van der Waals surface area contributed by atoms with Gasteiger partial charge >= 0.3 is 0 Å². The van der Waals surface area contributed by atoms with E-state index in [9.17, 15) is 4.79 Å². The molecule has 174 valence electrons. The Labute approximate surface area is 195 Å². The Hall–Kier alpha value is -2.77. The summed E-state index contributed by atoms with van der Waals surface area (Å²) < 4.78 is 7.57. The molecule has 2 aliphatic rings. The number of hydrogen-bond acceptors (Lipinski definition) is 5. The van der Waals surface area contributed by atoms with E-state index in [2.05, 4.69) is 52.7 Å². The second-order valence-electron chi connectivity index (χ2n) is 9.53. The zero-order valence-electron chi connectivity index (χ0n) is 19.7. The number of benzene rings is 1. The normalized spacial score (nSPS) is 17.0. The summed E-state index contributed by atoms with van der Waals surface area (Å²) in [6.45, 7) is 10.4. The van der Waals surface area contributed by atoms with E-state index < -0.39 is 0 Å². The maximum Gasteiger partial charge on any atom is 0.274 e. The van der Waals surface area contributed by atoms with Crippen molar-refractivity contribution >= 4 is 16.8 Å². The quantitative estimate of drug-likeness (QED) is 0.579. The minimum absolute atomic E-state index is 0.0501. The van der Waals surface area contributed by atoms with E-state index in [0.29, 0.717) is 37.9 Å². The van der Waals surface area contributed by atoms with E-state index in [-0.39, 0.29) is 5.91 Å². The van der Waals surface area contributed by atoms with Gasteiger partial charge in [0.1, 0.15) is 0 Å². The summed E-state index contributed by atoms with van der Waals surface area (Å²) in [5.41, 5.74) is 5.29. The van der Waals surface area contributed by atoms with Crippen molar-refractivity contribution in [3.8, 4) is 0 Å². The van der Waals surface area contributed by atoms with Crippen LogP contribution in [0.25, 0.3) is 10.9 Å². The number of amides is 1. The van der Waals surface area contributed by atoms with Crippen LogP contribution in [0.15, 0.2) is 36.5 Å². The van der Waals surface area contributed by atoms with E-state index in [4.69, 9.17) is 9.84 Å². The standard InChI is InChI=1S/C26H33N5O2/c1-19(2)8-12-31-24-9-11-29(17-20-7-10-27-23-6-4-3-5-21(20)23)18-22(24)25(28-31)26(32)30-13-15-33-16-14-30/h3-7,10,19H,8-9,11-18H2,1-2H3. The number of carbonyl (C=O) groups excluding carboxylic acids is 1. The Morgan fingerprint density at radius 3 is 2.76 bits per heavy atom. The van der Waals surface area contributed by atoms with Crippen molar-refractivity contribution in [2.75, 3.05) is 32.8 Å². The highest BCUT2D eigenvalue weighted by atomic mass is 16.5. The molecule has 0 N–H and O–H groups in total. The molecular formula is C26H33N5O2. The highest BCUT2D eigenvalue weighted by molar-refractivity contribution is 5.94. The number of pyridine rings is 1. The number of hydrogen-bond donors (Lipinski definition) is 0. The lowest BCUT2D eigenvalue weighted by Gasteiger charge is -2.29. The van der Waals surface area contributed by atoms with Crippen molar-refractivity contribution in [2.45, 2.75) is 46.3 Å². The first-order chi connectivity index (χ1) is 16.1. The predicted molar refractivity (Wildman–Crippen MR) is 128 cm³/mol. The van der Waals surface area contributed by atoms with Crippen LogP contribution >= 0.6 is 0 Å².